The minimum absolute atomic E-state index is 0.496. The summed E-state index contributed by atoms with van der Waals surface area (Å²) in [6.07, 6.45) is 6.56. The summed E-state index contributed by atoms with van der Waals surface area (Å²) >= 11 is 1.79. The van der Waals surface area contributed by atoms with E-state index in [2.05, 4.69) is 48.6 Å². The van der Waals surface area contributed by atoms with Crippen LogP contribution in [0.3, 0.4) is 0 Å². The molecule has 1 atom stereocenters. The average Bonchev–Trinajstić information content (AvgIpc) is 3.03. The summed E-state index contributed by atoms with van der Waals surface area (Å²) in [6.45, 7) is 6.66. The Kier molecular flexibility index (Phi) is 5.92. The van der Waals surface area contributed by atoms with E-state index in [0.717, 1.165) is 0 Å². The van der Waals surface area contributed by atoms with Crippen LogP contribution in [-0.4, -0.2) is 27.4 Å². The number of hydrogen-bond acceptors (Lipinski definition) is 3. The Morgan fingerprint density at radius 3 is 2.65 bits per heavy atom. The van der Waals surface area contributed by atoms with Crippen LogP contribution in [0.4, 0.5) is 0 Å². The van der Waals surface area contributed by atoms with E-state index in [4.69, 9.17) is 8.23 Å². The molecule has 1 fully saturated rings. The molecule has 0 bridgehead atoms. The van der Waals surface area contributed by atoms with Gasteiger partial charge in [-0.2, -0.15) is 11.3 Å². The Labute approximate surface area is 149 Å². The molecule has 1 heterocycles. The number of fused-ring (bicyclic) bond motifs is 1. The Balaban J connectivity index is 2.13. The van der Waals surface area contributed by atoms with Crippen molar-refractivity contribution in [3.63, 3.8) is 0 Å². The maximum Gasteiger partial charge on any atom is 0.355 e. The summed E-state index contributed by atoms with van der Waals surface area (Å²) in [5.74, 6) is 0. The van der Waals surface area contributed by atoms with Crippen molar-refractivity contribution in [3.05, 3.63) is 29.0 Å². The minimum atomic E-state index is -2.40. The summed E-state index contributed by atoms with van der Waals surface area (Å²) in [6, 6.07) is 6.70. The molecule has 1 aromatic heterocycles. The molecule has 1 aliphatic rings. The Morgan fingerprint density at radius 1 is 1.17 bits per heavy atom. The lowest BCUT2D eigenvalue weighted by Crippen LogP contribution is -2.60. The lowest BCUT2D eigenvalue weighted by atomic mass is 10.0. The van der Waals surface area contributed by atoms with Crippen molar-refractivity contribution in [2.75, 3.05) is 0 Å². The second kappa shape index (κ2) is 7.76. The molecule has 0 amide bonds. The van der Waals surface area contributed by atoms with Gasteiger partial charge in [0.05, 0.1) is 0 Å². The fourth-order valence-corrected chi connectivity index (χ4v) is 13.6. The molecule has 1 aromatic carbocycles. The smallest absolute Gasteiger partial charge is 0.355 e. The van der Waals surface area contributed by atoms with E-state index in [0.29, 0.717) is 15.3 Å². The second-order valence-electron chi connectivity index (χ2n) is 6.50. The number of thiophene rings is 1. The van der Waals surface area contributed by atoms with E-state index in [9.17, 15) is 0 Å². The third-order valence-corrected chi connectivity index (χ3v) is 13.1. The lowest BCUT2D eigenvalue weighted by Gasteiger charge is -2.41. The van der Waals surface area contributed by atoms with Crippen molar-refractivity contribution in [2.24, 2.45) is 0 Å². The summed E-state index contributed by atoms with van der Waals surface area (Å²) in [7, 11) is -2.72. The molecule has 3 rings (SSSR count). The van der Waals surface area contributed by atoms with Gasteiger partial charge >= 0.3 is 8.56 Å². The van der Waals surface area contributed by atoms with Gasteiger partial charge in [0.25, 0.3) is 0 Å². The van der Waals surface area contributed by atoms with Gasteiger partial charge in [-0.3, -0.25) is 0 Å². The summed E-state index contributed by atoms with van der Waals surface area (Å²) in [5.41, 5.74) is 0.606. The zero-order valence-electron chi connectivity index (χ0n) is 14.2. The SMILES string of the molecule is C[Si]O[Si](O[Si](C)C)(c1cccc2cscc12)C1CCCCC1. The topological polar surface area (TPSA) is 18.5 Å². The van der Waals surface area contributed by atoms with E-state index in [1.54, 1.807) is 11.3 Å². The number of rotatable bonds is 6. The van der Waals surface area contributed by atoms with Crippen molar-refractivity contribution in [3.8, 4) is 0 Å². The highest BCUT2D eigenvalue weighted by Crippen LogP contribution is 2.39. The van der Waals surface area contributed by atoms with Crippen LogP contribution in [0.5, 0.6) is 0 Å². The van der Waals surface area contributed by atoms with Crippen molar-refractivity contribution < 1.29 is 8.23 Å². The van der Waals surface area contributed by atoms with Crippen LogP contribution < -0.4 is 5.19 Å². The van der Waals surface area contributed by atoms with Gasteiger partial charge in [0.1, 0.15) is 0 Å². The normalized spacial score (nSPS) is 19.3. The number of hydrogen-bond donors (Lipinski definition) is 0. The fourth-order valence-electron chi connectivity index (χ4n) is 3.75. The molecule has 0 aliphatic heterocycles. The van der Waals surface area contributed by atoms with E-state index in [-0.39, 0.29) is 0 Å². The van der Waals surface area contributed by atoms with Crippen molar-refractivity contribution in [1.82, 2.24) is 0 Å². The molecular formula is C17H25O2SSi3. The van der Waals surface area contributed by atoms with Gasteiger partial charge in [-0.05, 0) is 54.0 Å². The minimum Gasteiger partial charge on any atom is -0.433 e. The van der Waals surface area contributed by atoms with Gasteiger partial charge in [0, 0.05) is 10.7 Å². The van der Waals surface area contributed by atoms with Gasteiger partial charge in [-0.25, -0.2) is 0 Å². The highest BCUT2D eigenvalue weighted by atomic mass is 32.1. The molecule has 2 aromatic rings. The van der Waals surface area contributed by atoms with Crippen molar-refractivity contribution >= 4 is 54.7 Å². The predicted molar refractivity (Wildman–Crippen MR) is 105 cm³/mol. The fraction of sp³-hybridized carbons (Fsp3) is 0.529. The molecule has 23 heavy (non-hydrogen) atoms. The van der Waals surface area contributed by atoms with Crippen LogP contribution in [0.25, 0.3) is 10.8 Å². The van der Waals surface area contributed by atoms with Crippen molar-refractivity contribution in [1.29, 1.82) is 0 Å². The summed E-state index contributed by atoms with van der Waals surface area (Å²) in [5, 5.41) is 8.64. The van der Waals surface area contributed by atoms with Gasteiger partial charge in [-0.1, -0.05) is 37.5 Å². The maximum absolute atomic E-state index is 6.81. The van der Waals surface area contributed by atoms with Crippen LogP contribution in [0.15, 0.2) is 29.0 Å². The lowest BCUT2D eigenvalue weighted by molar-refractivity contribution is 0.359. The zero-order valence-corrected chi connectivity index (χ0v) is 18.0. The van der Waals surface area contributed by atoms with E-state index < -0.39 is 17.6 Å². The van der Waals surface area contributed by atoms with Crippen LogP contribution >= 0.6 is 11.3 Å². The van der Waals surface area contributed by atoms with E-state index >= 15 is 0 Å². The average molecular weight is 378 g/mol. The summed E-state index contributed by atoms with van der Waals surface area (Å²) in [4.78, 5) is 0. The second-order valence-corrected chi connectivity index (χ2v) is 13.8. The summed E-state index contributed by atoms with van der Waals surface area (Å²) < 4.78 is 13.4. The quantitative estimate of drug-likeness (QED) is 0.671. The predicted octanol–water partition coefficient (Wildman–Crippen LogP) is 4.84. The Bertz CT molecular complexity index is 640. The van der Waals surface area contributed by atoms with Gasteiger partial charge in [-0.15, -0.1) is 0 Å². The molecule has 0 saturated heterocycles. The first-order chi connectivity index (χ1) is 11.2. The molecule has 6 heteroatoms. The van der Waals surface area contributed by atoms with Crippen molar-refractivity contribution in [2.45, 2.75) is 57.3 Å². The molecule has 0 N–H and O–H groups in total. The first kappa shape index (κ1) is 17.6. The van der Waals surface area contributed by atoms with Crippen LogP contribution in [0.2, 0.25) is 25.2 Å². The largest absolute Gasteiger partial charge is 0.433 e. The zero-order chi connectivity index (χ0) is 16.3. The standard InChI is InChI=1S/C17H25O2SSi3/c1-21-18-23(19-22(2)3,15-9-5-4-6-10-15)17-11-7-8-14-12-20-13-16(14)17/h7-8,11-13,15H,4-6,9-10H2,1-3H3. The number of benzene rings is 1. The van der Waals surface area contributed by atoms with E-state index in [1.165, 1.54) is 48.1 Å². The first-order valence-electron chi connectivity index (χ1n) is 8.46. The Morgan fingerprint density at radius 2 is 1.96 bits per heavy atom. The van der Waals surface area contributed by atoms with Gasteiger partial charge in [0.2, 0.25) is 9.76 Å². The third-order valence-electron chi connectivity index (χ3n) is 4.65. The third kappa shape index (κ3) is 3.57. The first-order valence-corrected chi connectivity index (χ1v) is 15.1. The van der Waals surface area contributed by atoms with Crippen LogP contribution in [-0.2, 0) is 8.23 Å². The maximum atomic E-state index is 6.81. The molecular weight excluding hydrogens is 353 g/mol. The van der Waals surface area contributed by atoms with Crippen LogP contribution in [0, 0.1) is 0 Å². The molecule has 2 nitrogen and oxygen atoms in total. The molecule has 1 aliphatic carbocycles. The van der Waals surface area contributed by atoms with Crippen LogP contribution in [0.1, 0.15) is 32.1 Å². The molecule has 123 valence electrons. The highest BCUT2D eigenvalue weighted by Gasteiger charge is 2.49. The molecule has 1 saturated carbocycles. The molecule has 0 spiro atoms. The Hall–Kier alpha value is -0.249. The van der Waals surface area contributed by atoms with Gasteiger partial charge in [0.15, 0.2) is 9.04 Å². The highest BCUT2D eigenvalue weighted by molar-refractivity contribution is 7.09. The van der Waals surface area contributed by atoms with E-state index in [1.807, 2.05) is 0 Å². The monoisotopic (exact) mass is 377 g/mol. The molecule has 3 radical (unpaired) electrons. The molecule has 1 unspecified atom stereocenters. The van der Waals surface area contributed by atoms with Gasteiger partial charge < -0.3 is 8.23 Å².